The third-order valence-corrected chi connectivity index (χ3v) is 6.84. The number of imide groups is 1. The predicted molar refractivity (Wildman–Crippen MR) is 106 cm³/mol. The Labute approximate surface area is 172 Å². The fourth-order valence-corrected chi connectivity index (χ4v) is 4.91. The number of esters is 1. The maximum atomic E-state index is 12.5. The van der Waals surface area contributed by atoms with Crippen LogP contribution in [0.4, 0.5) is 4.79 Å². The maximum Gasteiger partial charge on any atom is 0.321 e. The van der Waals surface area contributed by atoms with E-state index in [1.807, 2.05) is 4.90 Å². The van der Waals surface area contributed by atoms with E-state index in [4.69, 9.17) is 4.74 Å². The van der Waals surface area contributed by atoms with E-state index in [1.165, 1.54) is 6.42 Å². The van der Waals surface area contributed by atoms with Crippen LogP contribution < -0.4 is 10.6 Å². The van der Waals surface area contributed by atoms with Gasteiger partial charge in [0.05, 0.1) is 5.92 Å². The molecular formula is C21H33N3O5. The van der Waals surface area contributed by atoms with Crippen molar-refractivity contribution in [1.82, 2.24) is 15.5 Å². The second-order valence-corrected chi connectivity index (χ2v) is 8.89. The van der Waals surface area contributed by atoms with Crippen LogP contribution in [0, 0.1) is 17.8 Å². The van der Waals surface area contributed by atoms with Crippen LogP contribution in [-0.2, 0) is 19.1 Å². The summed E-state index contributed by atoms with van der Waals surface area (Å²) in [5.41, 5.74) is 0. The minimum atomic E-state index is -0.662. The molecule has 1 saturated heterocycles. The first-order chi connectivity index (χ1) is 13.8. The molecule has 0 spiro atoms. The second kappa shape index (κ2) is 9.59. The first-order valence-corrected chi connectivity index (χ1v) is 10.9. The predicted octanol–water partition coefficient (Wildman–Crippen LogP) is 1.97. The Bertz CT molecular complexity index is 646. The van der Waals surface area contributed by atoms with Crippen LogP contribution in [0.15, 0.2) is 0 Å². The van der Waals surface area contributed by atoms with E-state index in [1.54, 1.807) is 0 Å². The van der Waals surface area contributed by atoms with Crippen LogP contribution in [-0.4, -0.2) is 54.0 Å². The third-order valence-electron chi connectivity index (χ3n) is 6.84. The van der Waals surface area contributed by atoms with Gasteiger partial charge in [-0.2, -0.15) is 0 Å². The second-order valence-electron chi connectivity index (χ2n) is 8.89. The number of nitrogens with zero attached hydrogens (tertiary/aromatic N) is 1. The Balaban J connectivity index is 1.42. The summed E-state index contributed by atoms with van der Waals surface area (Å²) in [6, 6.07) is -0.280. The minimum Gasteiger partial charge on any atom is -0.455 e. The molecule has 1 heterocycles. The van der Waals surface area contributed by atoms with Gasteiger partial charge in [-0.25, -0.2) is 4.79 Å². The molecule has 8 nitrogen and oxygen atoms in total. The molecule has 4 amide bonds. The van der Waals surface area contributed by atoms with Crippen molar-refractivity contribution in [1.29, 1.82) is 0 Å². The van der Waals surface area contributed by atoms with Crippen molar-refractivity contribution >= 4 is 23.8 Å². The standard InChI is InChI=1S/C21H33N3O5/c1-13-6-5-9-17(14(13)2)24-11-15(10-19(24)26)20(27)29-12-18(25)23-21(28)22-16-7-3-4-8-16/h13-17H,3-12H2,1-2H3,(H2,22,23,25,28)/t13-,14-,15-,17+/m1/s1. The van der Waals surface area contributed by atoms with E-state index in [-0.39, 0.29) is 24.4 Å². The molecule has 0 radical (unpaired) electrons. The Morgan fingerprint density at radius 2 is 1.79 bits per heavy atom. The highest BCUT2D eigenvalue weighted by Gasteiger charge is 2.42. The molecule has 29 heavy (non-hydrogen) atoms. The monoisotopic (exact) mass is 407 g/mol. The van der Waals surface area contributed by atoms with Gasteiger partial charge < -0.3 is 15.0 Å². The molecule has 0 bridgehead atoms. The highest BCUT2D eigenvalue weighted by atomic mass is 16.5. The molecule has 8 heteroatoms. The molecule has 0 unspecified atom stereocenters. The summed E-state index contributed by atoms with van der Waals surface area (Å²) >= 11 is 0. The molecular weight excluding hydrogens is 374 g/mol. The molecule has 0 aromatic heterocycles. The smallest absolute Gasteiger partial charge is 0.321 e. The molecule has 0 aromatic rings. The van der Waals surface area contributed by atoms with E-state index in [9.17, 15) is 19.2 Å². The van der Waals surface area contributed by atoms with Crippen LogP contribution in [0.25, 0.3) is 0 Å². The van der Waals surface area contributed by atoms with E-state index >= 15 is 0 Å². The zero-order valence-corrected chi connectivity index (χ0v) is 17.4. The largest absolute Gasteiger partial charge is 0.455 e. The fraction of sp³-hybridized carbons (Fsp3) is 0.810. The molecule has 2 N–H and O–H groups in total. The molecule has 0 aromatic carbocycles. The molecule has 3 fully saturated rings. The lowest BCUT2D eigenvalue weighted by Gasteiger charge is -2.39. The highest BCUT2D eigenvalue weighted by molar-refractivity contribution is 5.96. The average Bonchev–Trinajstić information content (AvgIpc) is 3.31. The number of carbonyl (C=O) groups excluding carboxylic acids is 4. The molecule has 3 rings (SSSR count). The van der Waals surface area contributed by atoms with Gasteiger partial charge in [-0.3, -0.25) is 19.7 Å². The summed E-state index contributed by atoms with van der Waals surface area (Å²) < 4.78 is 5.08. The number of amides is 4. The van der Waals surface area contributed by atoms with Gasteiger partial charge in [0.1, 0.15) is 0 Å². The third kappa shape index (κ3) is 5.48. The molecule has 4 atom stereocenters. The van der Waals surface area contributed by atoms with Crippen molar-refractivity contribution < 1.29 is 23.9 Å². The summed E-state index contributed by atoms with van der Waals surface area (Å²) in [7, 11) is 0. The first kappa shape index (κ1) is 21.6. The van der Waals surface area contributed by atoms with E-state index in [0.29, 0.717) is 18.4 Å². The molecule has 3 aliphatic rings. The number of urea groups is 1. The van der Waals surface area contributed by atoms with Gasteiger partial charge in [0, 0.05) is 25.0 Å². The highest BCUT2D eigenvalue weighted by Crippen LogP contribution is 2.35. The molecule has 2 aliphatic carbocycles. The van der Waals surface area contributed by atoms with Crippen LogP contribution in [0.1, 0.15) is 65.2 Å². The van der Waals surface area contributed by atoms with Crippen molar-refractivity contribution in [3.8, 4) is 0 Å². The van der Waals surface area contributed by atoms with Crippen LogP contribution in [0.2, 0.25) is 0 Å². The minimum absolute atomic E-state index is 0.0155. The van der Waals surface area contributed by atoms with Crippen LogP contribution >= 0.6 is 0 Å². The van der Waals surface area contributed by atoms with Gasteiger partial charge in [-0.1, -0.05) is 39.5 Å². The summed E-state index contributed by atoms with van der Waals surface area (Å²) in [5.74, 6) is -0.808. The van der Waals surface area contributed by atoms with Gasteiger partial charge in [-0.05, 0) is 31.1 Å². The van der Waals surface area contributed by atoms with Crippen LogP contribution in [0.3, 0.4) is 0 Å². The lowest BCUT2D eigenvalue weighted by atomic mass is 9.77. The normalized spacial score (nSPS) is 30.3. The number of carbonyl (C=O) groups is 4. The number of hydrogen-bond donors (Lipinski definition) is 2. The van der Waals surface area contributed by atoms with E-state index in [0.717, 1.165) is 38.5 Å². The average molecular weight is 408 g/mol. The number of hydrogen-bond acceptors (Lipinski definition) is 5. The van der Waals surface area contributed by atoms with Crippen molar-refractivity contribution in [2.24, 2.45) is 17.8 Å². The number of rotatable bonds is 5. The van der Waals surface area contributed by atoms with Crippen molar-refractivity contribution in [3.63, 3.8) is 0 Å². The summed E-state index contributed by atoms with van der Waals surface area (Å²) in [6.45, 7) is 4.22. The molecule has 1 aliphatic heterocycles. The lowest BCUT2D eigenvalue weighted by molar-refractivity contribution is -0.152. The maximum absolute atomic E-state index is 12.5. The Hall–Kier alpha value is -2.12. The Morgan fingerprint density at radius 3 is 2.52 bits per heavy atom. The lowest BCUT2D eigenvalue weighted by Crippen LogP contribution is -2.45. The number of likely N-dealkylation sites (tertiary alicyclic amines) is 1. The van der Waals surface area contributed by atoms with E-state index in [2.05, 4.69) is 24.5 Å². The van der Waals surface area contributed by atoms with Gasteiger partial charge in [-0.15, -0.1) is 0 Å². The number of nitrogens with one attached hydrogen (secondary N) is 2. The number of ether oxygens (including phenoxy) is 1. The Morgan fingerprint density at radius 1 is 1.07 bits per heavy atom. The fourth-order valence-electron chi connectivity index (χ4n) is 4.91. The van der Waals surface area contributed by atoms with Gasteiger partial charge >= 0.3 is 12.0 Å². The summed E-state index contributed by atoms with van der Waals surface area (Å²) in [5, 5.41) is 4.93. The van der Waals surface area contributed by atoms with Gasteiger partial charge in [0.25, 0.3) is 5.91 Å². The Kier molecular flexibility index (Phi) is 7.14. The zero-order valence-electron chi connectivity index (χ0n) is 17.4. The van der Waals surface area contributed by atoms with E-state index < -0.39 is 30.4 Å². The van der Waals surface area contributed by atoms with Crippen LogP contribution in [0.5, 0.6) is 0 Å². The topological polar surface area (TPSA) is 105 Å². The summed E-state index contributed by atoms with van der Waals surface area (Å²) in [4.78, 5) is 50.3. The summed E-state index contributed by atoms with van der Waals surface area (Å²) in [6.07, 6.45) is 7.35. The van der Waals surface area contributed by atoms with Crippen molar-refractivity contribution in [3.05, 3.63) is 0 Å². The van der Waals surface area contributed by atoms with Crippen molar-refractivity contribution in [2.75, 3.05) is 13.2 Å². The van der Waals surface area contributed by atoms with Gasteiger partial charge in [0.15, 0.2) is 6.61 Å². The zero-order chi connectivity index (χ0) is 21.0. The van der Waals surface area contributed by atoms with Crippen molar-refractivity contribution in [2.45, 2.75) is 77.3 Å². The molecule has 2 saturated carbocycles. The molecule has 162 valence electrons. The first-order valence-electron chi connectivity index (χ1n) is 10.9. The SMILES string of the molecule is C[C@@H]1[C@H](C)CCC[C@@H]1N1C[C@H](C(=O)OCC(=O)NC(=O)NC2CCCC2)CC1=O. The van der Waals surface area contributed by atoms with Gasteiger partial charge in [0.2, 0.25) is 5.91 Å². The quantitative estimate of drug-likeness (QED) is 0.678.